The van der Waals surface area contributed by atoms with E-state index in [2.05, 4.69) is 123 Å². The molecule has 85 heavy (non-hydrogen) atoms. The Kier molecular flexibility index (Phi) is 61.2. The van der Waals surface area contributed by atoms with E-state index in [0.29, 0.717) is 17.4 Å². The molecule has 0 fully saturated rings. The van der Waals surface area contributed by atoms with Gasteiger partial charge in [0.15, 0.2) is 0 Å². The number of esters is 1. The molecule has 490 valence electrons. The molecule has 0 aliphatic rings. The van der Waals surface area contributed by atoms with E-state index in [1.54, 1.807) is 0 Å². The maximum atomic E-state index is 13.6. The molecule has 0 saturated carbocycles. The van der Waals surface area contributed by atoms with E-state index in [-0.39, 0.29) is 24.9 Å². The highest BCUT2D eigenvalue weighted by atomic mass is 31.2. The molecule has 0 aliphatic carbocycles. The maximum absolute atomic E-state index is 13.6. The van der Waals surface area contributed by atoms with Crippen LogP contribution in [0.2, 0.25) is 0 Å². The van der Waals surface area contributed by atoms with Gasteiger partial charge in [0.25, 0.3) is 7.82 Å². The summed E-state index contributed by atoms with van der Waals surface area (Å²) in [5.41, 5.74) is 0. The molecule has 1 N–H and O–H groups in total. The number of ether oxygens (including phenoxy) is 1. The van der Waals surface area contributed by atoms with Gasteiger partial charge in [-0.05, 0) is 115 Å². The maximum Gasteiger partial charge on any atom is 0.306 e. The number of rotatable bonds is 63. The summed E-state index contributed by atoms with van der Waals surface area (Å²) in [6.45, 7) is 6.71. The Morgan fingerprint density at radius 1 is 0.424 bits per heavy atom. The minimum absolute atomic E-state index is 0.0295. The van der Waals surface area contributed by atoms with E-state index in [9.17, 15) is 19.0 Å². The zero-order chi connectivity index (χ0) is 62.1. The number of amides is 1. The summed E-state index contributed by atoms with van der Waals surface area (Å²) < 4.78 is 30.5. The van der Waals surface area contributed by atoms with Gasteiger partial charge in [-0.2, -0.15) is 0 Å². The number of phosphoric ester groups is 1. The number of unbranched alkanes of at least 4 members (excludes halogenated alkanes) is 31. The van der Waals surface area contributed by atoms with Gasteiger partial charge >= 0.3 is 5.97 Å². The standard InChI is InChI=1S/C75H133N2O7P/c1-7-10-13-16-19-22-25-28-30-32-34-36-37-38-39-41-42-44-46-49-52-55-58-61-64-67-74(78)76-72(71-83-85(80,81)82-70-69-77(4,5)6)73(66-63-60-57-54-51-48-27-24-21-18-15-12-9-3)84-75(79)68-65-62-59-56-53-50-47-45-43-40-35-33-31-29-26-23-20-17-14-11-8-2/h10,13,19-20,22-23,28-31,34-36,38-40,63,66,72-73H,7-9,11-12,14-18,21,24-27,32-33,37,41-62,64-65,67-71H2,1-6H3,(H-,76,78,80,81)/b13-10-,22-19-,23-20-,30-28-,31-29-,36-34-,39-38-,40-35-,66-63-. The van der Waals surface area contributed by atoms with E-state index >= 15 is 0 Å². The van der Waals surface area contributed by atoms with Crippen LogP contribution in [-0.4, -0.2) is 69.4 Å². The zero-order valence-corrected chi connectivity index (χ0v) is 56.9. The van der Waals surface area contributed by atoms with Crippen LogP contribution in [0.5, 0.6) is 0 Å². The fraction of sp³-hybridized carbons (Fsp3) is 0.733. The number of allylic oxidation sites excluding steroid dienone is 17. The highest BCUT2D eigenvalue weighted by molar-refractivity contribution is 7.45. The van der Waals surface area contributed by atoms with Crippen LogP contribution < -0.4 is 10.2 Å². The van der Waals surface area contributed by atoms with Gasteiger partial charge in [0.05, 0.1) is 33.8 Å². The van der Waals surface area contributed by atoms with E-state index < -0.39 is 26.6 Å². The van der Waals surface area contributed by atoms with E-state index in [1.807, 2.05) is 33.3 Å². The molecule has 1 amide bonds. The predicted molar refractivity (Wildman–Crippen MR) is 367 cm³/mol. The number of hydrogen-bond donors (Lipinski definition) is 1. The van der Waals surface area contributed by atoms with Crippen molar-refractivity contribution in [1.82, 2.24) is 5.32 Å². The van der Waals surface area contributed by atoms with Crippen LogP contribution in [0.25, 0.3) is 0 Å². The Morgan fingerprint density at radius 3 is 1.15 bits per heavy atom. The summed E-state index contributed by atoms with van der Waals surface area (Å²) in [6, 6.07) is -0.903. The molecule has 9 nitrogen and oxygen atoms in total. The van der Waals surface area contributed by atoms with Crippen molar-refractivity contribution in [2.24, 2.45) is 0 Å². The van der Waals surface area contributed by atoms with Crippen LogP contribution >= 0.6 is 7.82 Å². The van der Waals surface area contributed by atoms with Crippen molar-refractivity contribution in [3.63, 3.8) is 0 Å². The summed E-state index contributed by atoms with van der Waals surface area (Å²) in [7, 11) is 1.17. The van der Waals surface area contributed by atoms with Crippen molar-refractivity contribution in [3.05, 3.63) is 109 Å². The molecule has 0 aromatic carbocycles. The normalized spacial score (nSPS) is 14.2. The number of nitrogens with zero attached hydrogens (tertiary/aromatic N) is 1. The number of quaternary nitrogens is 1. The average Bonchev–Trinajstić information content (AvgIpc) is 3.64. The predicted octanol–water partition coefficient (Wildman–Crippen LogP) is 21.8. The number of phosphoric acid groups is 1. The van der Waals surface area contributed by atoms with Gasteiger partial charge in [0, 0.05) is 12.8 Å². The molecule has 3 atom stereocenters. The van der Waals surface area contributed by atoms with Crippen molar-refractivity contribution in [2.45, 2.75) is 315 Å². The molecule has 0 aliphatic heterocycles. The molecule has 0 radical (unpaired) electrons. The highest BCUT2D eigenvalue weighted by Crippen LogP contribution is 2.38. The highest BCUT2D eigenvalue weighted by Gasteiger charge is 2.27. The SMILES string of the molecule is CC/C=C\C/C=C\C/C=C\C/C=C\C/C=C\CCCCCCCCCCCC(=O)NC(COP(=O)([O-])OCC[N+](C)(C)C)C(/C=C\CCCCCCCCCCCCC)OC(=O)CCCCCCCCCC/C=C\C/C=C\C/C=C\CCCCC. The van der Waals surface area contributed by atoms with Crippen molar-refractivity contribution >= 4 is 19.7 Å². The lowest BCUT2D eigenvalue weighted by molar-refractivity contribution is -0.870. The zero-order valence-electron chi connectivity index (χ0n) is 56.0. The van der Waals surface area contributed by atoms with Gasteiger partial charge < -0.3 is 28.5 Å². The first-order valence-corrected chi connectivity index (χ1v) is 36.7. The number of carbonyl (C=O) groups excluding carboxylic acids is 2. The van der Waals surface area contributed by atoms with Crippen LogP contribution in [0.4, 0.5) is 0 Å². The first-order chi connectivity index (χ1) is 41.4. The summed E-state index contributed by atoms with van der Waals surface area (Å²) in [4.78, 5) is 40.2. The minimum Gasteiger partial charge on any atom is -0.756 e. The number of nitrogens with one attached hydrogen (secondary N) is 1. The van der Waals surface area contributed by atoms with Crippen molar-refractivity contribution in [1.29, 1.82) is 0 Å². The van der Waals surface area contributed by atoms with Gasteiger partial charge in [0.1, 0.15) is 19.3 Å². The smallest absolute Gasteiger partial charge is 0.306 e. The van der Waals surface area contributed by atoms with Gasteiger partial charge in [-0.1, -0.05) is 285 Å². The second-order valence-corrected chi connectivity index (χ2v) is 26.1. The molecular formula is C75H133N2O7P. The molecule has 0 spiro atoms. The first-order valence-electron chi connectivity index (χ1n) is 35.2. The number of likely N-dealkylation sites (N-methyl/N-ethyl adjacent to an activating group) is 1. The third kappa shape index (κ3) is 65.0. The third-order valence-electron chi connectivity index (χ3n) is 15.2. The Hall–Kier alpha value is -3.33. The topological polar surface area (TPSA) is 114 Å². The van der Waals surface area contributed by atoms with E-state index in [1.165, 1.54) is 141 Å². The van der Waals surface area contributed by atoms with Gasteiger partial charge in [-0.15, -0.1) is 0 Å². The largest absolute Gasteiger partial charge is 0.756 e. The molecule has 10 heteroatoms. The van der Waals surface area contributed by atoms with Crippen LogP contribution in [0.3, 0.4) is 0 Å². The van der Waals surface area contributed by atoms with Crippen molar-refractivity contribution < 1.29 is 37.3 Å². The van der Waals surface area contributed by atoms with Crippen LogP contribution in [-0.2, 0) is 27.9 Å². The van der Waals surface area contributed by atoms with Crippen LogP contribution in [0, 0.1) is 0 Å². The van der Waals surface area contributed by atoms with Gasteiger partial charge in [0.2, 0.25) is 5.91 Å². The molecular weight excluding hydrogens is 1070 g/mol. The molecule has 0 aromatic heterocycles. The van der Waals surface area contributed by atoms with E-state index in [4.69, 9.17) is 13.8 Å². The fourth-order valence-electron chi connectivity index (χ4n) is 9.79. The summed E-state index contributed by atoms with van der Waals surface area (Å²) >= 11 is 0. The summed E-state index contributed by atoms with van der Waals surface area (Å²) in [5, 5.41) is 3.04. The van der Waals surface area contributed by atoms with Gasteiger partial charge in [-0.3, -0.25) is 14.2 Å². The van der Waals surface area contributed by atoms with E-state index in [0.717, 1.165) is 128 Å². The average molecular weight is 1210 g/mol. The second kappa shape index (κ2) is 63.7. The Bertz CT molecular complexity index is 1820. The van der Waals surface area contributed by atoms with Crippen LogP contribution in [0.1, 0.15) is 303 Å². The Labute approximate surface area is 525 Å². The number of carbonyl (C=O) groups is 2. The van der Waals surface area contributed by atoms with Crippen LogP contribution in [0.15, 0.2) is 109 Å². The molecule has 0 bridgehead atoms. The summed E-state index contributed by atoms with van der Waals surface area (Å²) in [6.07, 6.45) is 87.7. The summed E-state index contributed by atoms with van der Waals surface area (Å²) in [5.74, 6) is -0.555. The fourth-order valence-corrected chi connectivity index (χ4v) is 10.5. The lowest BCUT2D eigenvalue weighted by Crippen LogP contribution is -2.47. The second-order valence-electron chi connectivity index (χ2n) is 24.6. The molecule has 0 saturated heterocycles. The lowest BCUT2D eigenvalue weighted by atomic mass is 10.0. The quantitative estimate of drug-likeness (QED) is 0.0212. The molecule has 0 aromatic rings. The van der Waals surface area contributed by atoms with Crippen molar-refractivity contribution in [3.8, 4) is 0 Å². The monoisotopic (exact) mass is 1200 g/mol. The third-order valence-corrected chi connectivity index (χ3v) is 16.2. The molecule has 3 unspecified atom stereocenters. The molecule has 0 heterocycles. The molecule has 0 rings (SSSR count). The number of hydrogen-bond acceptors (Lipinski definition) is 7. The minimum atomic E-state index is -4.72. The lowest BCUT2D eigenvalue weighted by Gasteiger charge is -2.30. The Balaban J connectivity index is 5.16. The Morgan fingerprint density at radius 2 is 0.753 bits per heavy atom. The van der Waals surface area contributed by atoms with Crippen molar-refractivity contribution in [2.75, 3.05) is 40.9 Å². The first kappa shape index (κ1) is 81.7. The van der Waals surface area contributed by atoms with Gasteiger partial charge in [-0.25, -0.2) is 0 Å².